The molecule has 94 valence electrons. The van der Waals surface area contributed by atoms with Gasteiger partial charge in [-0.1, -0.05) is 25.7 Å². The van der Waals surface area contributed by atoms with Gasteiger partial charge in [-0.25, -0.2) is 4.98 Å². The molecule has 0 atom stereocenters. The van der Waals surface area contributed by atoms with E-state index in [4.69, 9.17) is 4.98 Å². The molecule has 0 bridgehead atoms. The molecule has 0 spiro atoms. The first-order chi connectivity index (χ1) is 8.42. The highest BCUT2D eigenvalue weighted by Gasteiger charge is 2.21. The monoisotopic (exact) mass is 234 g/mol. The number of rotatable bonds is 3. The van der Waals surface area contributed by atoms with Crippen molar-refractivity contribution in [1.29, 1.82) is 0 Å². The average Bonchev–Trinajstić information content (AvgIpc) is 2.57. The molecule has 0 unspecified atom stereocenters. The van der Waals surface area contributed by atoms with Crippen LogP contribution in [0.3, 0.4) is 0 Å². The Hall–Kier alpha value is -0.900. The predicted molar refractivity (Wildman–Crippen MR) is 66.9 cm³/mol. The number of hydrogen-bond acceptors (Lipinski definition) is 3. The zero-order valence-corrected chi connectivity index (χ0v) is 10.4. The first-order valence-corrected chi connectivity index (χ1v) is 7.04. The Morgan fingerprint density at radius 1 is 1.06 bits per heavy atom. The quantitative estimate of drug-likeness (QED) is 0.787. The molecule has 1 aliphatic heterocycles. The van der Waals surface area contributed by atoms with Gasteiger partial charge in [0.1, 0.15) is 5.82 Å². The number of H-pyrrole nitrogens is 1. The van der Waals surface area contributed by atoms with Crippen LogP contribution in [0.5, 0.6) is 0 Å². The fourth-order valence-corrected chi connectivity index (χ4v) is 2.89. The van der Waals surface area contributed by atoms with Crippen molar-refractivity contribution in [1.82, 2.24) is 20.5 Å². The van der Waals surface area contributed by atoms with Gasteiger partial charge in [0.15, 0.2) is 5.82 Å². The number of hydrogen-bond donors (Lipinski definition) is 2. The second kappa shape index (κ2) is 5.17. The minimum absolute atomic E-state index is 0.613. The Morgan fingerprint density at radius 3 is 2.47 bits per heavy atom. The molecule has 1 saturated carbocycles. The summed E-state index contributed by atoms with van der Waals surface area (Å²) in [5.74, 6) is 3.55. The van der Waals surface area contributed by atoms with Crippen LogP contribution in [0.4, 0.5) is 0 Å². The molecule has 4 nitrogen and oxygen atoms in total. The average molecular weight is 234 g/mol. The highest BCUT2D eigenvalue weighted by Crippen LogP contribution is 2.29. The van der Waals surface area contributed by atoms with E-state index in [9.17, 15) is 0 Å². The lowest BCUT2D eigenvalue weighted by atomic mass is 9.98. The van der Waals surface area contributed by atoms with Gasteiger partial charge in [0.05, 0.1) is 0 Å². The van der Waals surface area contributed by atoms with Crippen molar-refractivity contribution in [2.45, 2.75) is 50.9 Å². The lowest BCUT2D eigenvalue weighted by molar-refractivity contribution is 0.341. The van der Waals surface area contributed by atoms with Crippen molar-refractivity contribution < 1.29 is 0 Å². The van der Waals surface area contributed by atoms with Gasteiger partial charge in [0.2, 0.25) is 0 Å². The van der Waals surface area contributed by atoms with E-state index in [-0.39, 0.29) is 0 Å². The van der Waals surface area contributed by atoms with Gasteiger partial charge >= 0.3 is 0 Å². The molecule has 1 aliphatic carbocycles. The SMILES string of the molecule is C1CCCC(c2n[nH]c(CC3CNC3)n2)CC1. The van der Waals surface area contributed by atoms with E-state index in [0.29, 0.717) is 5.92 Å². The van der Waals surface area contributed by atoms with Crippen molar-refractivity contribution in [3.63, 3.8) is 0 Å². The lowest BCUT2D eigenvalue weighted by Crippen LogP contribution is -2.43. The predicted octanol–water partition coefficient (Wildman–Crippen LogP) is 2.00. The highest BCUT2D eigenvalue weighted by atomic mass is 15.2. The van der Waals surface area contributed by atoms with Crippen LogP contribution in [0.2, 0.25) is 0 Å². The Labute approximate surface area is 103 Å². The van der Waals surface area contributed by atoms with Gasteiger partial charge in [0.25, 0.3) is 0 Å². The van der Waals surface area contributed by atoms with Gasteiger partial charge in [-0.3, -0.25) is 5.10 Å². The van der Waals surface area contributed by atoms with Crippen molar-refractivity contribution in [3.8, 4) is 0 Å². The molecular weight excluding hydrogens is 212 g/mol. The number of aromatic nitrogens is 3. The maximum Gasteiger partial charge on any atom is 0.153 e. The largest absolute Gasteiger partial charge is 0.316 e. The fourth-order valence-electron chi connectivity index (χ4n) is 2.89. The zero-order valence-electron chi connectivity index (χ0n) is 10.4. The zero-order chi connectivity index (χ0) is 11.5. The van der Waals surface area contributed by atoms with Gasteiger partial charge in [-0.05, 0) is 31.8 Å². The van der Waals surface area contributed by atoms with Crippen LogP contribution in [-0.4, -0.2) is 28.3 Å². The number of aromatic amines is 1. The summed E-state index contributed by atoms with van der Waals surface area (Å²) in [6, 6.07) is 0. The molecule has 17 heavy (non-hydrogen) atoms. The topological polar surface area (TPSA) is 53.6 Å². The molecule has 2 heterocycles. The van der Waals surface area contributed by atoms with Gasteiger partial charge in [-0.15, -0.1) is 0 Å². The summed E-state index contributed by atoms with van der Waals surface area (Å²) in [6.45, 7) is 2.28. The van der Waals surface area contributed by atoms with Crippen LogP contribution in [0.25, 0.3) is 0 Å². The Bertz CT molecular complexity index is 348. The molecule has 0 radical (unpaired) electrons. The molecule has 2 N–H and O–H groups in total. The van der Waals surface area contributed by atoms with E-state index in [0.717, 1.165) is 37.1 Å². The summed E-state index contributed by atoms with van der Waals surface area (Å²) in [7, 11) is 0. The number of nitrogens with one attached hydrogen (secondary N) is 2. The minimum Gasteiger partial charge on any atom is -0.316 e. The molecule has 3 rings (SSSR count). The smallest absolute Gasteiger partial charge is 0.153 e. The van der Waals surface area contributed by atoms with Crippen LogP contribution in [0.15, 0.2) is 0 Å². The molecule has 1 aromatic heterocycles. The van der Waals surface area contributed by atoms with Crippen molar-refractivity contribution in [2.75, 3.05) is 13.1 Å². The van der Waals surface area contributed by atoms with Gasteiger partial charge in [-0.2, -0.15) is 5.10 Å². The molecule has 1 saturated heterocycles. The van der Waals surface area contributed by atoms with Crippen molar-refractivity contribution in [2.24, 2.45) is 5.92 Å². The standard InChI is InChI=1S/C13H22N4/c1-2-4-6-11(5-3-1)13-15-12(16-17-13)7-10-8-14-9-10/h10-11,14H,1-9H2,(H,15,16,17). The Morgan fingerprint density at radius 2 is 1.82 bits per heavy atom. The van der Waals surface area contributed by atoms with Crippen LogP contribution >= 0.6 is 0 Å². The van der Waals surface area contributed by atoms with E-state index < -0.39 is 0 Å². The summed E-state index contributed by atoms with van der Waals surface area (Å²) in [6.07, 6.45) is 9.10. The summed E-state index contributed by atoms with van der Waals surface area (Å²) in [4.78, 5) is 4.70. The maximum absolute atomic E-state index is 4.70. The second-order valence-electron chi connectivity index (χ2n) is 5.56. The van der Waals surface area contributed by atoms with Crippen LogP contribution < -0.4 is 5.32 Å². The minimum atomic E-state index is 0.613. The summed E-state index contributed by atoms with van der Waals surface area (Å²) < 4.78 is 0. The highest BCUT2D eigenvalue weighted by molar-refractivity contribution is 5.00. The molecule has 4 heteroatoms. The van der Waals surface area contributed by atoms with Crippen LogP contribution in [0.1, 0.15) is 56.1 Å². The summed E-state index contributed by atoms with van der Waals surface area (Å²) in [5.41, 5.74) is 0. The number of nitrogens with zero attached hydrogens (tertiary/aromatic N) is 2. The second-order valence-corrected chi connectivity index (χ2v) is 5.56. The van der Waals surface area contributed by atoms with E-state index in [1.165, 1.54) is 38.5 Å². The third kappa shape index (κ3) is 2.68. The first kappa shape index (κ1) is 11.2. The van der Waals surface area contributed by atoms with Crippen LogP contribution in [-0.2, 0) is 6.42 Å². The van der Waals surface area contributed by atoms with E-state index >= 15 is 0 Å². The summed E-state index contributed by atoms with van der Waals surface area (Å²) >= 11 is 0. The first-order valence-electron chi connectivity index (χ1n) is 7.04. The fraction of sp³-hybridized carbons (Fsp3) is 0.846. The molecule has 0 amide bonds. The normalized spacial score (nSPS) is 23.3. The Kier molecular flexibility index (Phi) is 3.41. The van der Waals surface area contributed by atoms with Crippen LogP contribution in [0, 0.1) is 5.92 Å². The third-order valence-electron chi connectivity index (χ3n) is 4.12. The molecule has 0 aromatic carbocycles. The van der Waals surface area contributed by atoms with Crippen molar-refractivity contribution >= 4 is 0 Å². The van der Waals surface area contributed by atoms with Gasteiger partial charge in [0, 0.05) is 12.3 Å². The summed E-state index contributed by atoms with van der Waals surface area (Å²) in [5, 5.41) is 10.9. The van der Waals surface area contributed by atoms with Crippen molar-refractivity contribution in [3.05, 3.63) is 11.6 Å². The molecular formula is C13H22N4. The third-order valence-corrected chi connectivity index (χ3v) is 4.12. The Balaban J connectivity index is 1.61. The maximum atomic E-state index is 4.70. The van der Waals surface area contributed by atoms with Gasteiger partial charge < -0.3 is 5.32 Å². The molecule has 1 aromatic rings. The van der Waals surface area contributed by atoms with E-state index in [1.54, 1.807) is 0 Å². The molecule has 2 fully saturated rings. The van der Waals surface area contributed by atoms with E-state index in [1.807, 2.05) is 0 Å². The lowest BCUT2D eigenvalue weighted by Gasteiger charge is -2.25. The molecule has 2 aliphatic rings. The van der Waals surface area contributed by atoms with E-state index in [2.05, 4.69) is 15.5 Å².